The molecule has 3 aromatic rings. The number of nitrogens with one attached hydrogen (secondary N) is 2. The van der Waals surface area contributed by atoms with Gasteiger partial charge in [0.25, 0.3) is 11.5 Å². The van der Waals surface area contributed by atoms with E-state index in [-0.39, 0.29) is 48.8 Å². The molecule has 4 rings (SSSR count). The van der Waals surface area contributed by atoms with Gasteiger partial charge in [0, 0.05) is 64.4 Å². The van der Waals surface area contributed by atoms with Gasteiger partial charge in [0.2, 0.25) is 11.9 Å². The maximum absolute atomic E-state index is 13.0. The molecule has 0 atom stereocenters. The first-order chi connectivity index (χ1) is 19.2. The lowest BCUT2D eigenvalue weighted by atomic mass is 9.96. The van der Waals surface area contributed by atoms with Crippen LogP contribution in [0.25, 0.3) is 10.9 Å². The molecule has 1 aromatic carbocycles. The van der Waals surface area contributed by atoms with Gasteiger partial charge in [0.1, 0.15) is 5.02 Å². The molecule has 12 nitrogen and oxygen atoms in total. The highest BCUT2D eigenvalue weighted by Crippen LogP contribution is 2.29. The number of amides is 2. The van der Waals surface area contributed by atoms with Gasteiger partial charge in [-0.25, -0.2) is 4.98 Å². The number of rotatable bonds is 10. The number of hydrogen-bond donors (Lipinski definition) is 3. The number of pyridine rings is 1. The Kier molecular flexibility index (Phi) is 9.43. The third-order valence-electron chi connectivity index (χ3n) is 6.80. The van der Waals surface area contributed by atoms with E-state index in [1.54, 1.807) is 43.4 Å². The predicted molar refractivity (Wildman–Crippen MR) is 153 cm³/mol. The quantitative estimate of drug-likeness (QED) is 0.333. The summed E-state index contributed by atoms with van der Waals surface area (Å²) in [4.78, 5) is 49.8. The molecule has 0 unspecified atom stereocenters. The molecule has 3 N–H and O–H groups in total. The number of fused-ring (bicyclic) bond motifs is 1. The molecule has 0 aliphatic carbocycles. The van der Waals surface area contributed by atoms with Crippen molar-refractivity contribution in [2.75, 3.05) is 57.7 Å². The molecule has 1 aliphatic heterocycles. The molecule has 2 amide bonds. The summed E-state index contributed by atoms with van der Waals surface area (Å²) in [6, 6.07) is 7.01. The SMILES string of the molecule is CNC(=O)COc1cc2cc(Nc3nc(N4CCC(C(=O)N(C)C)CC4)ncc3Cl)ccc2n(CCCO)c1=O. The highest BCUT2D eigenvalue weighted by molar-refractivity contribution is 6.32. The Morgan fingerprint density at radius 3 is 2.65 bits per heavy atom. The summed E-state index contributed by atoms with van der Waals surface area (Å²) >= 11 is 6.43. The predicted octanol–water partition coefficient (Wildman–Crippen LogP) is 2.00. The highest BCUT2D eigenvalue weighted by atomic mass is 35.5. The van der Waals surface area contributed by atoms with Crippen molar-refractivity contribution in [1.29, 1.82) is 0 Å². The molecular weight excluding hydrogens is 538 g/mol. The van der Waals surface area contributed by atoms with Crippen LogP contribution in [0.15, 0.2) is 35.3 Å². The number of halogens is 1. The van der Waals surface area contributed by atoms with Crippen LogP contribution in [0.3, 0.4) is 0 Å². The molecule has 0 spiro atoms. The number of aromatic nitrogens is 3. The Balaban J connectivity index is 1.58. The van der Waals surface area contributed by atoms with Crippen molar-refractivity contribution < 1.29 is 19.4 Å². The maximum Gasteiger partial charge on any atom is 0.293 e. The second kappa shape index (κ2) is 13.0. The van der Waals surface area contributed by atoms with E-state index in [4.69, 9.17) is 16.3 Å². The summed E-state index contributed by atoms with van der Waals surface area (Å²) in [7, 11) is 5.03. The van der Waals surface area contributed by atoms with E-state index in [1.165, 1.54) is 11.6 Å². The lowest BCUT2D eigenvalue weighted by molar-refractivity contribution is -0.133. The lowest BCUT2D eigenvalue weighted by Crippen LogP contribution is -2.40. The van der Waals surface area contributed by atoms with Crippen molar-refractivity contribution in [3.63, 3.8) is 0 Å². The molecule has 40 heavy (non-hydrogen) atoms. The third kappa shape index (κ3) is 6.62. The number of aliphatic hydroxyl groups is 1. The van der Waals surface area contributed by atoms with Gasteiger partial charge in [-0.05, 0) is 43.5 Å². The molecule has 1 fully saturated rings. The minimum Gasteiger partial charge on any atom is -0.478 e. The Bertz CT molecular complexity index is 1440. The number of piperidine rings is 1. The van der Waals surface area contributed by atoms with Crippen LogP contribution in [0.5, 0.6) is 5.75 Å². The van der Waals surface area contributed by atoms with Crippen LogP contribution in [0, 0.1) is 5.92 Å². The number of aliphatic hydroxyl groups excluding tert-OH is 1. The average Bonchev–Trinajstić information content (AvgIpc) is 2.96. The van der Waals surface area contributed by atoms with E-state index < -0.39 is 0 Å². The molecular formula is C27H34ClN7O5. The van der Waals surface area contributed by atoms with Crippen LogP contribution in [0.2, 0.25) is 5.02 Å². The standard InChI is InChI=1S/C27H34ClN7O5/c1-29-23(37)16-40-22-14-18-13-19(5-6-21(18)35(26(22)39)9-4-12-36)31-24-20(28)15-30-27(32-24)34-10-7-17(8-11-34)25(38)33(2)3/h5-6,13-15,17,36H,4,7-12,16H2,1-3H3,(H,29,37)(H,30,31,32). The Hall–Kier alpha value is -3.90. The van der Waals surface area contributed by atoms with Gasteiger partial charge in [-0.15, -0.1) is 0 Å². The molecule has 13 heteroatoms. The monoisotopic (exact) mass is 571 g/mol. The number of aryl methyl sites for hydroxylation is 1. The number of benzene rings is 1. The second-order valence-electron chi connectivity index (χ2n) is 9.76. The minimum absolute atomic E-state index is 0.00579. The van der Waals surface area contributed by atoms with Gasteiger partial charge in [0.05, 0.1) is 11.7 Å². The zero-order valence-corrected chi connectivity index (χ0v) is 23.6. The highest BCUT2D eigenvalue weighted by Gasteiger charge is 2.27. The van der Waals surface area contributed by atoms with E-state index in [0.29, 0.717) is 52.9 Å². The van der Waals surface area contributed by atoms with E-state index in [0.717, 1.165) is 12.8 Å². The smallest absolute Gasteiger partial charge is 0.293 e. The fraction of sp³-hybridized carbons (Fsp3) is 0.444. The Labute approximate surface area is 236 Å². The third-order valence-corrected chi connectivity index (χ3v) is 7.08. The summed E-state index contributed by atoms with van der Waals surface area (Å²) in [5.74, 6) is 0.741. The Morgan fingerprint density at radius 2 is 1.98 bits per heavy atom. The van der Waals surface area contributed by atoms with Crippen LogP contribution < -0.4 is 25.8 Å². The van der Waals surface area contributed by atoms with Crippen molar-refractivity contribution in [2.45, 2.75) is 25.8 Å². The van der Waals surface area contributed by atoms with E-state index in [9.17, 15) is 19.5 Å². The van der Waals surface area contributed by atoms with Gasteiger partial charge in [-0.1, -0.05) is 11.6 Å². The van der Waals surface area contributed by atoms with Crippen molar-refractivity contribution in [3.8, 4) is 5.75 Å². The minimum atomic E-state index is -0.384. The maximum atomic E-state index is 13.0. The zero-order valence-electron chi connectivity index (χ0n) is 22.8. The number of carbonyl (C=O) groups excluding carboxylic acids is 2. The van der Waals surface area contributed by atoms with Gasteiger partial charge in [-0.2, -0.15) is 4.98 Å². The van der Waals surface area contributed by atoms with Crippen LogP contribution in [-0.2, 0) is 16.1 Å². The first kappa shape index (κ1) is 29.1. The summed E-state index contributed by atoms with van der Waals surface area (Å²) in [6.45, 7) is 1.23. The van der Waals surface area contributed by atoms with Crippen molar-refractivity contribution in [1.82, 2.24) is 24.8 Å². The molecule has 0 bridgehead atoms. The van der Waals surface area contributed by atoms with Crippen molar-refractivity contribution >= 4 is 51.8 Å². The van der Waals surface area contributed by atoms with Gasteiger partial charge in [-0.3, -0.25) is 14.4 Å². The topological polar surface area (TPSA) is 142 Å². The molecule has 1 saturated heterocycles. The zero-order chi connectivity index (χ0) is 28.8. The molecule has 3 heterocycles. The number of likely N-dealkylation sites (N-methyl/N-ethyl adjacent to an activating group) is 1. The lowest BCUT2D eigenvalue weighted by Gasteiger charge is -2.32. The van der Waals surface area contributed by atoms with E-state index >= 15 is 0 Å². The van der Waals surface area contributed by atoms with Gasteiger partial charge < -0.3 is 34.8 Å². The van der Waals surface area contributed by atoms with Crippen LogP contribution in [0.4, 0.5) is 17.5 Å². The normalized spacial score (nSPS) is 13.8. The van der Waals surface area contributed by atoms with Crippen molar-refractivity contribution in [3.05, 3.63) is 45.8 Å². The summed E-state index contributed by atoms with van der Waals surface area (Å²) in [5, 5.41) is 16.0. The van der Waals surface area contributed by atoms with Crippen LogP contribution in [0.1, 0.15) is 19.3 Å². The number of carbonyl (C=O) groups is 2. The number of hydrogen-bond acceptors (Lipinski definition) is 9. The molecule has 1 aliphatic rings. The molecule has 0 saturated carbocycles. The van der Waals surface area contributed by atoms with E-state index in [2.05, 4.69) is 20.6 Å². The first-order valence-electron chi connectivity index (χ1n) is 13.1. The van der Waals surface area contributed by atoms with Crippen molar-refractivity contribution in [2.24, 2.45) is 5.92 Å². The average molecular weight is 572 g/mol. The van der Waals surface area contributed by atoms with Gasteiger partial charge in [0.15, 0.2) is 18.2 Å². The first-order valence-corrected chi connectivity index (χ1v) is 13.5. The number of ether oxygens (including phenoxy) is 1. The second-order valence-corrected chi connectivity index (χ2v) is 10.2. The number of nitrogens with zero attached hydrogens (tertiary/aromatic N) is 5. The Morgan fingerprint density at radius 1 is 1.23 bits per heavy atom. The summed E-state index contributed by atoms with van der Waals surface area (Å²) < 4.78 is 7.04. The fourth-order valence-electron chi connectivity index (χ4n) is 4.63. The largest absolute Gasteiger partial charge is 0.478 e. The van der Waals surface area contributed by atoms with Crippen LogP contribution in [-0.4, -0.2) is 83.8 Å². The van der Waals surface area contributed by atoms with Crippen LogP contribution >= 0.6 is 11.6 Å². The van der Waals surface area contributed by atoms with E-state index in [1.807, 2.05) is 11.0 Å². The molecule has 0 radical (unpaired) electrons. The summed E-state index contributed by atoms with van der Waals surface area (Å²) in [6.07, 6.45) is 3.37. The molecule has 214 valence electrons. The summed E-state index contributed by atoms with van der Waals surface area (Å²) in [5.41, 5.74) is 0.935. The number of anilines is 3. The molecule has 2 aromatic heterocycles. The van der Waals surface area contributed by atoms with Gasteiger partial charge >= 0.3 is 0 Å². The fourth-order valence-corrected chi connectivity index (χ4v) is 4.77.